The van der Waals surface area contributed by atoms with Crippen molar-refractivity contribution in [3.05, 3.63) is 0 Å². The summed E-state index contributed by atoms with van der Waals surface area (Å²) >= 11 is 4.48. The third-order valence-corrected chi connectivity index (χ3v) is 9.66. The quantitative estimate of drug-likeness (QED) is 0.850. The molecule has 3 aliphatic carbocycles. The molecular formula is C17H29NOS2. The molecule has 3 saturated carbocycles. The van der Waals surface area contributed by atoms with E-state index in [2.05, 4.69) is 35.8 Å². The van der Waals surface area contributed by atoms with Crippen LogP contribution in [-0.4, -0.2) is 46.8 Å². The van der Waals surface area contributed by atoms with Crippen LogP contribution in [0.4, 0.5) is 0 Å². The molecule has 1 spiro atoms. The van der Waals surface area contributed by atoms with E-state index in [-0.39, 0.29) is 0 Å². The van der Waals surface area contributed by atoms with Crippen LogP contribution >= 0.6 is 23.5 Å². The zero-order valence-electron chi connectivity index (χ0n) is 13.2. The van der Waals surface area contributed by atoms with Gasteiger partial charge in [0.25, 0.3) is 0 Å². The summed E-state index contributed by atoms with van der Waals surface area (Å²) in [5.41, 5.74) is 0.501. The maximum atomic E-state index is 6.07. The van der Waals surface area contributed by atoms with Crippen molar-refractivity contribution >= 4 is 23.5 Å². The van der Waals surface area contributed by atoms with E-state index in [4.69, 9.17) is 4.74 Å². The van der Waals surface area contributed by atoms with Crippen LogP contribution in [0.25, 0.3) is 0 Å². The molecule has 5 atom stereocenters. The predicted octanol–water partition coefficient (Wildman–Crippen LogP) is 3.69. The minimum Gasteiger partial charge on any atom is -0.378 e. The lowest BCUT2D eigenvalue weighted by molar-refractivity contribution is -0.132. The Morgan fingerprint density at radius 2 is 1.95 bits per heavy atom. The average molecular weight is 328 g/mol. The fourth-order valence-corrected chi connectivity index (χ4v) is 8.57. The summed E-state index contributed by atoms with van der Waals surface area (Å²) in [6.07, 6.45) is 10.3. The summed E-state index contributed by atoms with van der Waals surface area (Å²) in [6.45, 7) is 3.04. The first-order valence-corrected chi connectivity index (χ1v) is 11.0. The van der Waals surface area contributed by atoms with Crippen molar-refractivity contribution in [1.82, 2.24) is 5.32 Å². The molecule has 1 saturated heterocycles. The van der Waals surface area contributed by atoms with Gasteiger partial charge in [-0.1, -0.05) is 12.8 Å². The predicted molar refractivity (Wildman–Crippen MR) is 93.4 cm³/mol. The van der Waals surface area contributed by atoms with Gasteiger partial charge in [-0.2, -0.15) is 23.5 Å². The van der Waals surface area contributed by atoms with Crippen molar-refractivity contribution in [2.75, 3.05) is 18.1 Å². The lowest BCUT2D eigenvalue weighted by Crippen LogP contribution is -2.65. The molecule has 4 fully saturated rings. The van der Waals surface area contributed by atoms with E-state index in [1.807, 2.05) is 0 Å². The molecule has 0 amide bonds. The van der Waals surface area contributed by atoms with E-state index in [1.165, 1.54) is 56.5 Å². The largest absolute Gasteiger partial charge is 0.378 e. The Balaban J connectivity index is 1.40. The van der Waals surface area contributed by atoms with Crippen molar-refractivity contribution in [2.24, 2.45) is 5.41 Å². The molecule has 1 aliphatic heterocycles. The third-order valence-electron chi connectivity index (χ3n) is 6.35. The van der Waals surface area contributed by atoms with Gasteiger partial charge in [0.1, 0.15) is 0 Å². The van der Waals surface area contributed by atoms with Crippen molar-refractivity contribution in [1.29, 1.82) is 0 Å². The first-order chi connectivity index (χ1) is 10.3. The van der Waals surface area contributed by atoms with E-state index in [0.717, 1.165) is 29.2 Å². The highest BCUT2D eigenvalue weighted by molar-refractivity contribution is 8.07. The normalized spacial score (nSPS) is 44.7. The van der Waals surface area contributed by atoms with E-state index >= 15 is 0 Å². The lowest BCUT2D eigenvalue weighted by Gasteiger charge is -2.55. The fourth-order valence-electron chi connectivity index (χ4n) is 5.27. The number of nitrogens with one attached hydrogen (secondary N) is 1. The Morgan fingerprint density at radius 1 is 1.14 bits per heavy atom. The first kappa shape index (κ1) is 15.2. The molecule has 0 aromatic rings. The van der Waals surface area contributed by atoms with Gasteiger partial charge in [-0.25, -0.2) is 0 Å². The van der Waals surface area contributed by atoms with Crippen molar-refractivity contribution in [3.63, 3.8) is 0 Å². The molecule has 4 aliphatic rings. The molecule has 0 aromatic carbocycles. The van der Waals surface area contributed by atoms with Gasteiger partial charge in [-0.15, -0.1) is 0 Å². The van der Waals surface area contributed by atoms with Crippen LogP contribution in [0.1, 0.15) is 51.9 Å². The first-order valence-electron chi connectivity index (χ1n) is 8.94. The van der Waals surface area contributed by atoms with E-state index < -0.39 is 0 Å². The van der Waals surface area contributed by atoms with Crippen LogP contribution < -0.4 is 5.32 Å². The topological polar surface area (TPSA) is 21.3 Å². The second-order valence-electron chi connectivity index (χ2n) is 7.27. The molecule has 120 valence electrons. The van der Waals surface area contributed by atoms with E-state index in [9.17, 15) is 0 Å². The minimum absolute atomic E-state index is 0.501. The van der Waals surface area contributed by atoms with Crippen LogP contribution in [0.5, 0.6) is 0 Å². The van der Waals surface area contributed by atoms with Crippen molar-refractivity contribution < 1.29 is 4.74 Å². The SMILES string of the molecule is CCO[C@@H]1C[C@H](N[C@@H]2CC[C@H]3SCCS[C@H]23)C12CCCC2. The average Bonchev–Trinajstić information content (AvgIpc) is 3.15. The van der Waals surface area contributed by atoms with Gasteiger partial charge >= 0.3 is 0 Å². The zero-order chi connectivity index (χ0) is 14.3. The van der Waals surface area contributed by atoms with Gasteiger partial charge in [-0.3, -0.25) is 0 Å². The summed E-state index contributed by atoms with van der Waals surface area (Å²) in [6, 6.07) is 1.52. The van der Waals surface area contributed by atoms with Crippen LogP contribution in [0.15, 0.2) is 0 Å². The number of fused-ring (bicyclic) bond motifs is 1. The summed E-state index contributed by atoms with van der Waals surface area (Å²) in [7, 11) is 0. The molecule has 0 bridgehead atoms. The standard InChI is InChI=1S/C17H29NOS2/c1-2-19-15-11-14(17(15)7-3-4-8-17)18-12-5-6-13-16(12)21-10-9-20-13/h12-16,18H,2-11H2,1H3/t12-,13-,14+,15-,16-/m1/s1. The number of rotatable bonds is 4. The number of ether oxygens (including phenoxy) is 1. The highest BCUT2D eigenvalue weighted by Gasteiger charge is 2.57. The van der Waals surface area contributed by atoms with Crippen LogP contribution in [0.3, 0.4) is 0 Å². The van der Waals surface area contributed by atoms with Crippen LogP contribution in [0, 0.1) is 5.41 Å². The van der Waals surface area contributed by atoms with Crippen molar-refractivity contribution in [2.45, 2.75) is 80.6 Å². The minimum atomic E-state index is 0.501. The Bertz CT molecular complexity index is 372. The third kappa shape index (κ3) is 2.58. The maximum Gasteiger partial charge on any atom is 0.0661 e. The van der Waals surface area contributed by atoms with Crippen molar-refractivity contribution in [3.8, 4) is 0 Å². The van der Waals surface area contributed by atoms with Gasteiger partial charge in [0.15, 0.2) is 0 Å². The molecule has 4 heteroatoms. The molecular weight excluding hydrogens is 298 g/mol. The zero-order valence-corrected chi connectivity index (χ0v) is 14.8. The molecule has 2 nitrogen and oxygen atoms in total. The van der Waals surface area contributed by atoms with Gasteiger partial charge in [0, 0.05) is 46.1 Å². The van der Waals surface area contributed by atoms with Gasteiger partial charge < -0.3 is 10.1 Å². The monoisotopic (exact) mass is 327 g/mol. The second kappa shape index (κ2) is 6.26. The summed E-state index contributed by atoms with van der Waals surface area (Å²) in [5.74, 6) is 2.74. The summed E-state index contributed by atoms with van der Waals surface area (Å²) in [4.78, 5) is 0. The molecule has 0 radical (unpaired) electrons. The van der Waals surface area contributed by atoms with Gasteiger partial charge in [0.05, 0.1) is 6.10 Å². The van der Waals surface area contributed by atoms with E-state index in [1.54, 1.807) is 0 Å². The molecule has 1 N–H and O–H groups in total. The molecule has 21 heavy (non-hydrogen) atoms. The van der Waals surface area contributed by atoms with Crippen LogP contribution in [0.2, 0.25) is 0 Å². The molecule has 0 aromatic heterocycles. The highest BCUT2D eigenvalue weighted by atomic mass is 32.2. The molecule has 1 heterocycles. The summed E-state index contributed by atoms with van der Waals surface area (Å²) in [5, 5.41) is 5.94. The smallest absolute Gasteiger partial charge is 0.0661 e. The Kier molecular flexibility index (Phi) is 4.52. The number of thioether (sulfide) groups is 2. The summed E-state index contributed by atoms with van der Waals surface area (Å²) < 4.78 is 6.07. The Labute approximate surface area is 137 Å². The maximum absolute atomic E-state index is 6.07. The molecule has 4 rings (SSSR count). The van der Waals surface area contributed by atoms with Crippen LogP contribution in [-0.2, 0) is 4.74 Å². The number of hydrogen-bond acceptors (Lipinski definition) is 4. The Morgan fingerprint density at radius 3 is 2.76 bits per heavy atom. The van der Waals surface area contributed by atoms with E-state index in [0.29, 0.717) is 11.5 Å². The fraction of sp³-hybridized carbons (Fsp3) is 1.00. The number of hydrogen-bond donors (Lipinski definition) is 1. The van der Waals surface area contributed by atoms with Gasteiger partial charge in [0.2, 0.25) is 0 Å². The van der Waals surface area contributed by atoms with Gasteiger partial charge in [-0.05, 0) is 39.0 Å². The lowest BCUT2D eigenvalue weighted by atomic mass is 9.60. The Hall–Kier alpha value is 0.620. The second-order valence-corrected chi connectivity index (χ2v) is 9.90. The highest BCUT2D eigenvalue weighted by Crippen LogP contribution is 2.55. The molecule has 0 unspecified atom stereocenters.